The third-order valence-corrected chi connectivity index (χ3v) is 3.85. The summed E-state index contributed by atoms with van der Waals surface area (Å²) in [5.41, 5.74) is 1.57. The third-order valence-electron chi connectivity index (χ3n) is 2.48. The Kier molecular flexibility index (Phi) is 5.43. The van der Waals surface area contributed by atoms with E-state index in [2.05, 4.69) is 10.0 Å². The van der Waals surface area contributed by atoms with Crippen molar-refractivity contribution in [1.29, 1.82) is 0 Å². The highest BCUT2D eigenvalue weighted by Gasteiger charge is 2.10. The molecule has 0 aliphatic rings. The summed E-state index contributed by atoms with van der Waals surface area (Å²) in [4.78, 5) is 1.93. The fourth-order valence-electron chi connectivity index (χ4n) is 1.52. The van der Waals surface area contributed by atoms with Crippen molar-refractivity contribution in [1.82, 2.24) is 5.32 Å². The molecule has 0 fully saturated rings. The molecule has 0 aliphatic carbocycles. The van der Waals surface area contributed by atoms with Gasteiger partial charge in [-0.05, 0) is 38.2 Å². The molecular weight excluding hydrogens is 250 g/mol. The molecule has 0 atom stereocenters. The van der Waals surface area contributed by atoms with Crippen LogP contribution >= 0.6 is 0 Å². The fourth-order valence-corrected chi connectivity index (χ4v) is 2.63. The molecule has 0 saturated heterocycles. The molecule has 0 aromatic heterocycles. The predicted molar refractivity (Wildman–Crippen MR) is 76.7 cm³/mol. The van der Waals surface area contributed by atoms with Gasteiger partial charge in [0.25, 0.3) is 0 Å². The van der Waals surface area contributed by atoms with E-state index >= 15 is 0 Å². The van der Waals surface area contributed by atoms with Gasteiger partial charge in [-0.3, -0.25) is 4.72 Å². The summed E-state index contributed by atoms with van der Waals surface area (Å²) in [5.74, 6) is 0.125. The Morgan fingerprint density at radius 1 is 1.28 bits per heavy atom. The predicted octanol–water partition coefficient (Wildman–Crippen LogP) is 1.10. The lowest BCUT2D eigenvalue weighted by atomic mass is 10.3. The first-order valence-electron chi connectivity index (χ1n) is 5.87. The summed E-state index contributed by atoms with van der Waals surface area (Å²) in [7, 11) is 2.38. The molecule has 102 valence electrons. The highest BCUT2D eigenvalue weighted by molar-refractivity contribution is 7.92. The zero-order chi connectivity index (χ0) is 13.6. The SMILES string of the molecule is CNCCCS(=O)(=O)Nc1cccc(N(C)C)c1. The number of nitrogens with one attached hydrogen (secondary N) is 2. The van der Waals surface area contributed by atoms with Gasteiger partial charge >= 0.3 is 0 Å². The Morgan fingerprint density at radius 2 is 2.00 bits per heavy atom. The van der Waals surface area contributed by atoms with Gasteiger partial charge in [0.2, 0.25) is 10.0 Å². The first kappa shape index (κ1) is 14.8. The molecule has 0 spiro atoms. The highest BCUT2D eigenvalue weighted by atomic mass is 32.2. The molecule has 1 rings (SSSR count). The van der Waals surface area contributed by atoms with Crippen LogP contribution in [0.2, 0.25) is 0 Å². The van der Waals surface area contributed by atoms with E-state index in [9.17, 15) is 8.42 Å². The van der Waals surface area contributed by atoms with Crippen molar-refractivity contribution >= 4 is 21.4 Å². The van der Waals surface area contributed by atoms with Crippen LogP contribution in [-0.4, -0.2) is 41.9 Å². The molecule has 0 saturated carbocycles. The Hall–Kier alpha value is -1.27. The van der Waals surface area contributed by atoms with Crippen LogP contribution in [0, 0.1) is 0 Å². The number of anilines is 2. The molecular formula is C12H21N3O2S. The van der Waals surface area contributed by atoms with Gasteiger partial charge in [0.15, 0.2) is 0 Å². The van der Waals surface area contributed by atoms with Crippen molar-refractivity contribution < 1.29 is 8.42 Å². The summed E-state index contributed by atoms with van der Waals surface area (Å²) in [6, 6.07) is 7.33. The number of nitrogens with zero attached hydrogens (tertiary/aromatic N) is 1. The van der Waals surface area contributed by atoms with Gasteiger partial charge < -0.3 is 10.2 Å². The Morgan fingerprint density at radius 3 is 2.61 bits per heavy atom. The lowest BCUT2D eigenvalue weighted by Crippen LogP contribution is -2.20. The number of hydrogen-bond donors (Lipinski definition) is 2. The second-order valence-corrected chi connectivity index (χ2v) is 6.16. The van der Waals surface area contributed by atoms with E-state index in [4.69, 9.17) is 0 Å². The maximum Gasteiger partial charge on any atom is 0.232 e. The first-order valence-corrected chi connectivity index (χ1v) is 7.52. The van der Waals surface area contributed by atoms with Crippen LogP contribution in [-0.2, 0) is 10.0 Å². The highest BCUT2D eigenvalue weighted by Crippen LogP contribution is 2.18. The van der Waals surface area contributed by atoms with E-state index in [1.54, 1.807) is 13.1 Å². The van der Waals surface area contributed by atoms with Crippen molar-refractivity contribution in [3.63, 3.8) is 0 Å². The van der Waals surface area contributed by atoms with E-state index < -0.39 is 10.0 Å². The van der Waals surface area contributed by atoms with Crippen LogP contribution in [0.1, 0.15) is 6.42 Å². The minimum Gasteiger partial charge on any atom is -0.378 e. The topological polar surface area (TPSA) is 61.4 Å². The average Bonchev–Trinajstić information content (AvgIpc) is 2.28. The van der Waals surface area contributed by atoms with Crippen molar-refractivity contribution in [2.45, 2.75) is 6.42 Å². The lowest BCUT2D eigenvalue weighted by molar-refractivity contribution is 0.597. The van der Waals surface area contributed by atoms with Crippen molar-refractivity contribution in [3.8, 4) is 0 Å². The minimum absolute atomic E-state index is 0.125. The molecule has 0 heterocycles. The molecule has 6 heteroatoms. The Balaban J connectivity index is 2.69. The van der Waals surface area contributed by atoms with Gasteiger partial charge in [0.05, 0.1) is 11.4 Å². The van der Waals surface area contributed by atoms with Crippen LogP contribution in [0.5, 0.6) is 0 Å². The quantitative estimate of drug-likeness (QED) is 0.729. The summed E-state index contributed by atoms with van der Waals surface area (Å²) >= 11 is 0. The fraction of sp³-hybridized carbons (Fsp3) is 0.500. The number of hydrogen-bond acceptors (Lipinski definition) is 4. The van der Waals surface area contributed by atoms with Crippen LogP contribution in [0.3, 0.4) is 0 Å². The van der Waals surface area contributed by atoms with E-state index in [1.807, 2.05) is 37.2 Å². The van der Waals surface area contributed by atoms with Gasteiger partial charge in [0, 0.05) is 19.8 Å². The second kappa shape index (κ2) is 6.61. The van der Waals surface area contributed by atoms with E-state index in [0.717, 1.165) is 5.69 Å². The maximum absolute atomic E-state index is 11.8. The first-order chi connectivity index (χ1) is 8.44. The lowest BCUT2D eigenvalue weighted by Gasteiger charge is -2.14. The Bertz CT molecular complexity index is 472. The molecule has 18 heavy (non-hydrogen) atoms. The van der Waals surface area contributed by atoms with Crippen LogP contribution in [0.25, 0.3) is 0 Å². The number of benzene rings is 1. The normalized spacial score (nSPS) is 11.3. The summed E-state index contributed by atoms with van der Waals surface area (Å²) in [6.07, 6.45) is 0.596. The smallest absolute Gasteiger partial charge is 0.232 e. The molecule has 0 unspecified atom stereocenters. The number of rotatable bonds is 7. The van der Waals surface area contributed by atoms with Crippen molar-refractivity contribution in [2.24, 2.45) is 0 Å². The monoisotopic (exact) mass is 271 g/mol. The average molecular weight is 271 g/mol. The van der Waals surface area contributed by atoms with Gasteiger partial charge in [-0.25, -0.2) is 8.42 Å². The zero-order valence-corrected chi connectivity index (χ0v) is 11.9. The summed E-state index contributed by atoms with van der Waals surface area (Å²) in [5, 5.41) is 2.93. The maximum atomic E-state index is 11.8. The molecule has 1 aromatic carbocycles. The molecule has 0 aliphatic heterocycles. The molecule has 0 radical (unpaired) electrons. The van der Waals surface area contributed by atoms with Crippen LogP contribution < -0.4 is 14.9 Å². The summed E-state index contributed by atoms with van der Waals surface area (Å²) < 4.78 is 26.2. The summed E-state index contributed by atoms with van der Waals surface area (Å²) in [6.45, 7) is 0.693. The third kappa shape index (κ3) is 4.93. The van der Waals surface area contributed by atoms with Crippen LogP contribution in [0.15, 0.2) is 24.3 Å². The van der Waals surface area contributed by atoms with E-state index in [1.165, 1.54) is 0 Å². The van der Waals surface area contributed by atoms with Crippen molar-refractivity contribution in [3.05, 3.63) is 24.3 Å². The van der Waals surface area contributed by atoms with Gasteiger partial charge in [0.1, 0.15) is 0 Å². The van der Waals surface area contributed by atoms with Gasteiger partial charge in [-0.1, -0.05) is 6.07 Å². The van der Waals surface area contributed by atoms with Crippen molar-refractivity contribution in [2.75, 3.05) is 43.1 Å². The van der Waals surface area contributed by atoms with Gasteiger partial charge in [-0.15, -0.1) is 0 Å². The van der Waals surface area contributed by atoms with Gasteiger partial charge in [-0.2, -0.15) is 0 Å². The minimum atomic E-state index is -3.26. The molecule has 5 nitrogen and oxygen atoms in total. The second-order valence-electron chi connectivity index (χ2n) is 4.32. The zero-order valence-electron chi connectivity index (χ0n) is 11.1. The Labute approximate surface area is 109 Å². The molecule has 0 amide bonds. The van der Waals surface area contributed by atoms with E-state index in [0.29, 0.717) is 18.7 Å². The molecule has 0 bridgehead atoms. The largest absolute Gasteiger partial charge is 0.378 e. The standard InChI is InChI=1S/C12H21N3O2S/c1-13-8-5-9-18(16,17)14-11-6-4-7-12(10-11)15(2)3/h4,6-7,10,13-14H,5,8-9H2,1-3H3. The van der Waals surface area contributed by atoms with E-state index in [-0.39, 0.29) is 5.75 Å². The number of sulfonamides is 1. The van der Waals surface area contributed by atoms with Crippen LogP contribution in [0.4, 0.5) is 11.4 Å². The molecule has 2 N–H and O–H groups in total. The molecule has 1 aromatic rings.